The zero-order valence-electron chi connectivity index (χ0n) is 10.6. The van der Waals surface area contributed by atoms with Crippen LogP contribution < -0.4 is 11.4 Å². The molecule has 0 aliphatic heterocycles. The van der Waals surface area contributed by atoms with E-state index in [0.717, 1.165) is 5.56 Å². The number of H-pyrrole nitrogens is 1. The maximum absolute atomic E-state index is 12.9. The fraction of sp³-hybridized carbons (Fsp3) is 0.333. The lowest BCUT2D eigenvalue weighted by Gasteiger charge is -2.19. The molecule has 102 valence electrons. The summed E-state index contributed by atoms with van der Waals surface area (Å²) in [6.45, 7) is 1.94. The first kappa shape index (κ1) is 13.8. The van der Waals surface area contributed by atoms with Gasteiger partial charge in [-0.25, -0.2) is 14.3 Å². The van der Waals surface area contributed by atoms with Gasteiger partial charge in [-0.05, 0) is 17.7 Å². The SMILES string of the molecule is CC(Sc1n[nH]c(=O)n1C)C(N)c1ccc(F)cc1. The molecule has 2 rings (SSSR count). The van der Waals surface area contributed by atoms with Gasteiger partial charge < -0.3 is 5.73 Å². The number of nitrogens with two attached hydrogens (primary N) is 1. The number of thioether (sulfide) groups is 1. The highest BCUT2D eigenvalue weighted by molar-refractivity contribution is 7.99. The average Bonchev–Trinajstić information content (AvgIpc) is 2.71. The summed E-state index contributed by atoms with van der Waals surface area (Å²) < 4.78 is 14.3. The van der Waals surface area contributed by atoms with Gasteiger partial charge in [-0.15, -0.1) is 5.10 Å². The van der Waals surface area contributed by atoms with Crippen molar-refractivity contribution >= 4 is 11.8 Å². The maximum Gasteiger partial charge on any atom is 0.343 e. The highest BCUT2D eigenvalue weighted by atomic mass is 32.2. The van der Waals surface area contributed by atoms with Gasteiger partial charge in [0.15, 0.2) is 5.16 Å². The van der Waals surface area contributed by atoms with Gasteiger partial charge in [0.1, 0.15) is 5.82 Å². The van der Waals surface area contributed by atoms with Crippen LogP contribution >= 0.6 is 11.8 Å². The smallest absolute Gasteiger partial charge is 0.323 e. The number of aromatic nitrogens is 3. The van der Waals surface area contributed by atoms with Crippen LogP contribution in [0.4, 0.5) is 4.39 Å². The van der Waals surface area contributed by atoms with E-state index in [1.807, 2.05) is 6.92 Å². The molecule has 0 aliphatic rings. The molecule has 1 aromatic heterocycles. The summed E-state index contributed by atoms with van der Waals surface area (Å²) in [5.41, 5.74) is 6.71. The summed E-state index contributed by atoms with van der Waals surface area (Å²) in [5, 5.41) is 6.87. The number of aromatic amines is 1. The summed E-state index contributed by atoms with van der Waals surface area (Å²) in [5.74, 6) is -0.286. The Labute approximate surface area is 114 Å². The van der Waals surface area contributed by atoms with Crippen molar-refractivity contribution in [1.29, 1.82) is 0 Å². The molecule has 0 radical (unpaired) electrons. The second-order valence-electron chi connectivity index (χ2n) is 4.27. The number of rotatable bonds is 4. The number of hydrogen-bond donors (Lipinski definition) is 2. The predicted molar refractivity (Wildman–Crippen MR) is 72.5 cm³/mol. The van der Waals surface area contributed by atoms with E-state index in [1.54, 1.807) is 19.2 Å². The predicted octanol–water partition coefficient (Wildman–Crippen LogP) is 1.43. The van der Waals surface area contributed by atoms with Gasteiger partial charge in [0, 0.05) is 18.3 Å². The third kappa shape index (κ3) is 3.05. The zero-order valence-corrected chi connectivity index (χ0v) is 11.4. The van der Waals surface area contributed by atoms with E-state index in [1.165, 1.54) is 28.5 Å². The molecular weight excluding hydrogens is 267 g/mol. The Balaban J connectivity index is 2.11. The number of nitrogens with zero attached hydrogens (tertiary/aromatic N) is 2. The van der Waals surface area contributed by atoms with Crippen molar-refractivity contribution < 1.29 is 4.39 Å². The molecule has 1 aromatic carbocycles. The third-order valence-electron chi connectivity index (χ3n) is 2.89. The van der Waals surface area contributed by atoms with Gasteiger partial charge in [0.05, 0.1) is 0 Å². The van der Waals surface area contributed by atoms with Gasteiger partial charge in [0.2, 0.25) is 0 Å². The van der Waals surface area contributed by atoms with Gasteiger partial charge >= 0.3 is 5.69 Å². The summed E-state index contributed by atoms with van der Waals surface area (Å²) in [7, 11) is 1.64. The van der Waals surface area contributed by atoms with Crippen LogP contribution in [0, 0.1) is 5.82 Å². The normalized spacial score (nSPS) is 14.3. The van der Waals surface area contributed by atoms with E-state index >= 15 is 0 Å². The van der Waals surface area contributed by atoms with Gasteiger partial charge in [-0.1, -0.05) is 30.8 Å². The van der Waals surface area contributed by atoms with Crippen molar-refractivity contribution in [3.63, 3.8) is 0 Å². The molecule has 0 aliphatic carbocycles. The molecule has 7 heteroatoms. The van der Waals surface area contributed by atoms with Crippen LogP contribution in [0.3, 0.4) is 0 Å². The van der Waals surface area contributed by atoms with E-state index in [2.05, 4.69) is 10.2 Å². The molecule has 3 N–H and O–H groups in total. The molecule has 0 saturated heterocycles. The molecule has 0 amide bonds. The molecule has 0 bridgehead atoms. The van der Waals surface area contributed by atoms with Crippen LogP contribution in [0.5, 0.6) is 0 Å². The van der Waals surface area contributed by atoms with Crippen molar-refractivity contribution in [1.82, 2.24) is 14.8 Å². The summed E-state index contributed by atoms with van der Waals surface area (Å²) in [4.78, 5) is 11.3. The molecule has 5 nitrogen and oxygen atoms in total. The molecule has 2 unspecified atom stereocenters. The summed E-state index contributed by atoms with van der Waals surface area (Å²) >= 11 is 1.40. The minimum atomic E-state index is -0.286. The second-order valence-corrected chi connectivity index (χ2v) is 5.62. The Morgan fingerprint density at radius 1 is 1.42 bits per heavy atom. The minimum Gasteiger partial charge on any atom is -0.323 e. The Morgan fingerprint density at radius 3 is 2.58 bits per heavy atom. The minimum absolute atomic E-state index is 0.000591. The Kier molecular flexibility index (Phi) is 4.06. The van der Waals surface area contributed by atoms with E-state index in [0.29, 0.717) is 5.16 Å². The van der Waals surface area contributed by atoms with E-state index in [9.17, 15) is 9.18 Å². The van der Waals surface area contributed by atoms with Crippen molar-refractivity contribution in [2.24, 2.45) is 12.8 Å². The van der Waals surface area contributed by atoms with Gasteiger partial charge in [-0.3, -0.25) is 4.57 Å². The fourth-order valence-corrected chi connectivity index (χ4v) is 2.61. The Hall–Kier alpha value is -1.60. The lowest BCUT2D eigenvalue weighted by atomic mass is 10.1. The number of benzene rings is 1. The monoisotopic (exact) mass is 282 g/mol. The summed E-state index contributed by atoms with van der Waals surface area (Å²) in [6, 6.07) is 5.84. The zero-order chi connectivity index (χ0) is 14.0. The quantitative estimate of drug-likeness (QED) is 0.832. The van der Waals surface area contributed by atoms with Crippen molar-refractivity contribution in [2.75, 3.05) is 0 Å². The third-order valence-corrected chi connectivity index (χ3v) is 4.13. The number of hydrogen-bond acceptors (Lipinski definition) is 4. The van der Waals surface area contributed by atoms with Crippen LogP contribution in [0.25, 0.3) is 0 Å². The maximum atomic E-state index is 12.9. The largest absolute Gasteiger partial charge is 0.343 e. The van der Waals surface area contributed by atoms with E-state index < -0.39 is 0 Å². The lowest BCUT2D eigenvalue weighted by molar-refractivity contribution is 0.624. The Bertz CT molecular complexity index is 607. The van der Waals surface area contributed by atoms with Crippen LogP contribution in [0.2, 0.25) is 0 Å². The van der Waals surface area contributed by atoms with Crippen LogP contribution in [0.15, 0.2) is 34.2 Å². The standard InChI is InChI=1S/C12H15FN4OS/c1-7(19-12-16-15-11(18)17(12)2)10(14)8-3-5-9(13)6-4-8/h3-7,10H,14H2,1-2H3,(H,15,18). The fourth-order valence-electron chi connectivity index (χ4n) is 1.63. The first-order valence-corrected chi connectivity index (χ1v) is 6.66. The van der Waals surface area contributed by atoms with E-state index in [4.69, 9.17) is 5.73 Å². The Morgan fingerprint density at radius 2 is 2.05 bits per heavy atom. The highest BCUT2D eigenvalue weighted by Gasteiger charge is 2.18. The molecule has 1 heterocycles. The van der Waals surface area contributed by atoms with Crippen LogP contribution in [-0.2, 0) is 7.05 Å². The van der Waals surface area contributed by atoms with Crippen LogP contribution in [-0.4, -0.2) is 20.0 Å². The topological polar surface area (TPSA) is 76.7 Å². The van der Waals surface area contributed by atoms with Gasteiger partial charge in [0.25, 0.3) is 0 Å². The summed E-state index contributed by atoms with van der Waals surface area (Å²) in [6.07, 6.45) is 0. The molecule has 0 spiro atoms. The molecule has 0 fully saturated rings. The highest BCUT2D eigenvalue weighted by Crippen LogP contribution is 2.28. The number of halogens is 1. The molecule has 2 aromatic rings. The van der Waals surface area contributed by atoms with Crippen molar-refractivity contribution in [3.8, 4) is 0 Å². The van der Waals surface area contributed by atoms with E-state index in [-0.39, 0.29) is 22.8 Å². The molecular formula is C12H15FN4OS. The average molecular weight is 282 g/mol. The lowest BCUT2D eigenvalue weighted by Crippen LogP contribution is -2.22. The van der Waals surface area contributed by atoms with Gasteiger partial charge in [-0.2, -0.15) is 0 Å². The molecule has 2 atom stereocenters. The van der Waals surface area contributed by atoms with Crippen molar-refractivity contribution in [3.05, 3.63) is 46.1 Å². The second kappa shape index (κ2) is 5.58. The van der Waals surface area contributed by atoms with Crippen molar-refractivity contribution in [2.45, 2.75) is 23.4 Å². The number of nitrogens with one attached hydrogen (secondary N) is 1. The van der Waals surface area contributed by atoms with Crippen LogP contribution in [0.1, 0.15) is 18.5 Å². The first-order chi connectivity index (χ1) is 8.99. The first-order valence-electron chi connectivity index (χ1n) is 5.78. The molecule has 0 saturated carbocycles. The molecule has 19 heavy (non-hydrogen) atoms.